The van der Waals surface area contributed by atoms with E-state index in [-0.39, 0.29) is 12.1 Å². The molecule has 0 aliphatic carbocycles. The van der Waals surface area contributed by atoms with Crippen LogP contribution in [0, 0.1) is 0 Å². The average molecular weight is 287 g/mol. The van der Waals surface area contributed by atoms with E-state index in [2.05, 4.69) is 22.2 Å². The second-order valence-electron chi connectivity index (χ2n) is 5.50. The van der Waals surface area contributed by atoms with Gasteiger partial charge >= 0.3 is 0 Å². The third-order valence-electron chi connectivity index (χ3n) is 3.96. The third kappa shape index (κ3) is 2.85. The number of nitrogens with two attached hydrogens (primary N) is 2. The fourth-order valence-electron chi connectivity index (χ4n) is 2.86. The first kappa shape index (κ1) is 13.9. The Balaban J connectivity index is 1.89. The molecule has 0 spiro atoms. The van der Waals surface area contributed by atoms with Crippen LogP contribution in [0.4, 0.5) is 11.8 Å². The summed E-state index contributed by atoms with van der Waals surface area (Å²) in [6.07, 6.45) is 3.67. The zero-order chi connectivity index (χ0) is 14.8. The van der Waals surface area contributed by atoms with Gasteiger partial charge in [-0.05, 0) is 38.4 Å². The van der Waals surface area contributed by atoms with Crippen LogP contribution in [0.25, 0.3) is 10.9 Å². The van der Waals surface area contributed by atoms with Crippen LogP contribution in [-0.4, -0.2) is 28.7 Å². The van der Waals surface area contributed by atoms with E-state index in [4.69, 9.17) is 16.2 Å². The molecule has 112 valence electrons. The minimum Gasteiger partial charge on any atom is -0.488 e. The summed E-state index contributed by atoms with van der Waals surface area (Å²) in [5, 5.41) is 4.23. The van der Waals surface area contributed by atoms with E-state index in [1.807, 2.05) is 18.2 Å². The number of benzene rings is 1. The van der Waals surface area contributed by atoms with E-state index >= 15 is 0 Å². The lowest BCUT2D eigenvalue weighted by molar-refractivity contribution is 0.154. The van der Waals surface area contributed by atoms with Crippen LogP contribution >= 0.6 is 0 Å². The van der Waals surface area contributed by atoms with Gasteiger partial charge in [0.1, 0.15) is 17.7 Å². The normalized spacial score (nSPS) is 20.3. The molecule has 0 saturated carbocycles. The molecule has 1 fully saturated rings. The van der Waals surface area contributed by atoms with Crippen molar-refractivity contribution in [2.24, 2.45) is 0 Å². The Morgan fingerprint density at radius 2 is 2.14 bits per heavy atom. The number of rotatable bonds is 3. The largest absolute Gasteiger partial charge is 0.488 e. The molecule has 1 aromatic carbocycles. The highest BCUT2D eigenvalue weighted by atomic mass is 16.5. The fourth-order valence-corrected chi connectivity index (χ4v) is 2.86. The van der Waals surface area contributed by atoms with Gasteiger partial charge in [0, 0.05) is 6.04 Å². The molecular weight excluding hydrogens is 266 g/mol. The first-order valence-corrected chi connectivity index (χ1v) is 7.37. The summed E-state index contributed by atoms with van der Waals surface area (Å²) in [4.78, 5) is 8.24. The standard InChI is InChI=1S/C15H21N5O/c1-9(10-5-2-3-8-18-10)21-12-7-4-6-11-13(12)14(16)20-15(17)19-11/h4,6-7,9-10,18H,2-3,5,8H2,1H3,(H4,16,17,19,20). The highest BCUT2D eigenvalue weighted by molar-refractivity contribution is 5.94. The maximum absolute atomic E-state index is 6.12. The van der Waals surface area contributed by atoms with Gasteiger partial charge in [-0.1, -0.05) is 12.5 Å². The van der Waals surface area contributed by atoms with Gasteiger partial charge in [0.15, 0.2) is 0 Å². The minimum atomic E-state index is 0.0628. The second kappa shape index (κ2) is 5.73. The molecule has 2 aromatic rings. The van der Waals surface area contributed by atoms with E-state index in [1.165, 1.54) is 12.8 Å². The molecule has 2 heterocycles. The monoisotopic (exact) mass is 287 g/mol. The second-order valence-corrected chi connectivity index (χ2v) is 5.50. The van der Waals surface area contributed by atoms with Crippen molar-refractivity contribution in [2.45, 2.75) is 38.3 Å². The van der Waals surface area contributed by atoms with E-state index in [1.54, 1.807) is 0 Å². The lowest BCUT2D eigenvalue weighted by Crippen LogP contribution is -2.44. The average Bonchev–Trinajstić information content (AvgIpc) is 2.47. The molecule has 0 radical (unpaired) electrons. The van der Waals surface area contributed by atoms with E-state index < -0.39 is 0 Å². The maximum atomic E-state index is 6.12. The zero-order valence-corrected chi connectivity index (χ0v) is 12.2. The van der Waals surface area contributed by atoms with E-state index in [9.17, 15) is 0 Å². The number of nitrogens with zero attached hydrogens (tertiary/aromatic N) is 2. The molecule has 6 nitrogen and oxygen atoms in total. The molecule has 1 aromatic heterocycles. The smallest absolute Gasteiger partial charge is 0.222 e. The van der Waals surface area contributed by atoms with Gasteiger partial charge < -0.3 is 21.5 Å². The van der Waals surface area contributed by atoms with Crippen LogP contribution in [0.3, 0.4) is 0 Å². The molecule has 6 heteroatoms. The van der Waals surface area contributed by atoms with Crippen LogP contribution in [0.1, 0.15) is 26.2 Å². The van der Waals surface area contributed by atoms with Crippen molar-refractivity contribution in [3.63, 3.8) is 0 Å². The van der Waals surface area contributed by atoms with Gasteiger partial charge in [0.05, 0.1) is 10.9 Å². The van der Waals surface area contributed by atoms with Crippen LogP contribution in [0.15, 0.2) is 18.2 Å². The predicted octanol–water partition coefficient (Wildman–Crippen LogP) is 1.70. The predicted molar refractivity (Wildman–Crippen MR) is 84.1 cm³/mol. The van der Waals surface area contributed by atoms with Crippen molar-refractivity contribution in [3.8, 4) is 5.75 Å². The number of aromatic nitrogens is 2. The number of nitrogens with one attached hydrogen (secondary N) is 1. The van der Waals surface area contributed by atoms with Crippen LogP contribution in [-0.2, 0) is 0 Å². The molecule has 0 bridgehead atoms. The van der Waals surface area contributed by atoms with Gasteiger partial charge in [-0.3, -0.25) is 0 Å². The Bertz CT molecular complexity index is 639. The van der Waals surface area contributed by atoms with E-state index in [0.29, 0.717) is 23.1 Å². The molecular formula is C15H21N5O. The molecule has 2 atom stereocenters. The Labute approximate surface area is 123 Å². The van der Waals surface area contributed by atoms with Crippen molar-refractivity contribution in [3.05, 3.63) is 18.2 Å². The number of nitrogen functional groups attached to an aromatic ring is 2. The quantitative estimate of drug-likeness (QED) is 0.794. The molecule has 2 unspecified atom stereocenters. The number of anilines is 2. The third-order valence-corrected chi connectivity index (χ3v) is 3.96. The summed E-state index contributed by atoms with van der Waals surface area (Å²) >= 11 is 0. The van der Waals surface area contributed by atoms with Crippen molar-refractivity contribution in [2.75, 3.05) is 18.0 Å². The SMILES string of the molecule is CC(Oc1cccc2nc(N)nc(N)c12)C1CCCCN1. The van der Waals surface area contributed by atoms with Crippen molar-refractivity contribution >= 4 is 22.7 Å². The van der Waals surface area contributed by atoms with Gasteiger partial charge in [-0.25, -0.2) is 4.98 Å². The summed E-state index contributed by atoms with van der Waals surface area (Å²) in [6, 6.07) is 6.02. The molecule has 1 aliphatic heterocycles. The van der Waals surface area contributed by atoms with Gasteiger partial charge in [0.25, 0.3) is 0 Å². The van der Waals surface area contributed by atoms with Crippen molar-refractivity contribution < 1.29 is 4.74 Å². The highest BCUT2D eigenvalue weighted by Gasteiger charge is 2.22. The minimum absolute atomic E-state index is 0.0628. The zero-order valence-electron chi connectivity index (χ0n) is 12.2. The highest BCUT2D eigenvalue weighted by Crippen LogP contribution is 2.30. The van der Waals surface area contributed by atoms with Crippen LogP contribution < -0.4 is 21.5 Å². The number of fused-ring (bicyclic) bond motifs is 1. The first-order valence-electron chi connectivity index (χ1n) is 7.37. The Morgan fingerprint density at radius 3 is 2.90 bits per heavy atom. The Hall–Kier alpha value is -2.08. The molecule has 0 amide bonds. The molecule has 1 aliphatic rings. The Morgan fingerprint density at radius 1 is 1.29 bits per heavy atom. The van der Waals surface area contributed by atoms with Crippen molar-refractivity contribution in [1.29, 1.82) is 0 Å². The topological polar surface area (TPSA) is 99.1 Å². The summed E-state index contributed by atoms with van der Waals surface area (Å²) in [5.74, 6) is 1.25. The lowest BCUT2D eigenvalue weighted by atomic mass is 10.0. The van der Waals surface area contributed by atoms with Gasteiger partial charge in [-0.15, -0.1) is 0 Å². The van der Waals surface area contributed by atoms with Crippen LogP contribution in [0.2, 0.25) is 0 Å². The molecule has 3 rings (SSSR count). The number of ether oxygens (including phenoxy) is 1. The summed E-state index contributed by atoms with van der Waals surface area (Å²) in [7, 11) is 0. The van der Waals surface area contributed by atoms with Crippen LogP contribution in [0.5, 0.6) is 5.75 Å². The maximum Gasteiger partial charge on any atom is 0.222 e. The summed E-state index contributed by atoms with van der Waals surface area (Å²) in [5.41, 5.74) is 12.3. The number of hydrogen-bond acceptors (Lipinski definition) is 6. The van der Waals surface area contributed by atoms with Gasteiger partial charge in [0.2, 0.25) is 5.95 Å². The molecule has 1 saturated heterocycles. The summed E-state index contributed by atoms with van der Waals surface area (Å²) in [6.45, 7) is 3.13. The number of hydrogen-bond donors (Lipinski definition) is 3. The Kier molecular flexibility index (Phi) is 3.79. The lowest BCUT2D eigenvalue weighted by Gasteiger charge is -2.29. The number of piperidine rings is 1. The van der Waals surface area contributed by atoms with Gasteiger partial charge in [-0.2, -0.15) is 4.98 Å². The first-order chi connectivity index (χ1) is 10.1. The fraction of sp³-hybridized carbons (Fsp3) is 0.467. The summed E-state index contributed by atoms with van der Waals surface area (Å²) < 4.78 is 6.12. The molecule has 21 heavy (non-hydrogen) atoms. The molecule has 5 N–H and O–H groups in total. The van der Waals surface area contributed by atoms with Crippen molar-refractivity contribution in [1.82, 2.24) is 15.3 Å². The van der Waals surface area contributed by atoms with E-state index in [0.717, 1.165) is 18.4 Å².